The van der Waals surface area contributed by atoms with E-state index in [0.29, 0.717) is 55.5 Å². The number of aliphatic hydroxyl groups is 3. The highest BCUT2D eigenvalue weighted by molar-refractivity contribution is 7.18. The minimum atomic E-state index is -0.811. The molecule has 0 radical (unpaired) electrons. The van der Waals surface area contributed by atoms with E-state index < -0.39 is 17.2 Å². The fourth-order valence-electron chi connectivity index (χ4n) is 5.11. The number of aliphatic carboxylic acids is 1. The smallest absolute Gasteiger partial charge is 0.306 e. The van der Waals surface area contributed by atoms with Crippen molar-refractivity contribution in [1.82, 2.24) is 0 Å². The van der Waals surface area contributed by atoms with E-state index in [1.807, 2.05) is 13.8 Å². The van der Waals surface area contributed by atoms with Crippen LogP contribution in [0.3, 0.4) is 0 Å². The normalized spacial score (nSPS) is 28.5. The highest BCUT2D eigenvalue weighted by Crippen LogP contribution is 2.37. The number of carboxylic acid groups (broad SMARTS) is 1. The molecule has 9 atom stereocenters. The SMILES string of the molecule is CC(CCCC(C)(O)CCCC(C)(O)CCCC(C)C(=O)O)CCC1=CC(O)C(C)C(C)C1P. The Bertz CT molecular complexity index is 645. The zero-order valence-corrected chi connectivity index (χ0v) is 23.7. The molecule has 0 aromatic rings. The first-order valence-electron chi connectivity index (χ1n) is 13.5. The van der Waals surface area contributed by atoms with Crippen LogP contribution < -0.4 is 0 Å². The molecule has 4 N–H and O–H groups in total. The van der Waals surface area contributed by atoms with Crippen molar-refractivity contribution < 1.29 is 25.2 Å². The highest BCUT2D eigenvalue weighted by atomic mass is 31.0. The minimum absolute atomic E-state index is 0.301. The molecule has 0 bridgehead atoms. The number of hydrogen-bond donors (Lipinski definition) is 4. The van der Waals surface area contributed by atoms with Crippen LogP contribution in [0.2, 0.25) is 0 Å². The van der Waals surface area contributed by atoms with Crippen LogP contribution in [0.4, 0.5) is 0 Å². The predicted molar refractivity (Wildman–Crippen MR) is 144 cm³/mol. The van der Waals surface area contributed by atoms with Crippen molar-refractivity contribution in [3.05, 3.63) is 11.6 Å². The Balaban J connectivity index is 2.28. The van der Waals surface area contributed by atoms with Crippen LogP contribution in [0.15, 0.2) is 11.6 Å². The van der Waals surface area contributed by atoms with E-state index in [2.05, 4.69) is 36.1 Å². The molecule has 1 rings (SSSR count). The zero-order chi connectivity index (χ0) is 26.1. The predicted octanol–water partition coefficient (Wildman–Crippen LogP) is 5.95. The molecule has 6 heteroatoms. The van der Waals surface area contributed by atoms with Crippen LogP contribution in [0.5, 0.6) is 0 Å². The lowest BCUT2D eigenvalue weighted by Gasteiger charge is -2.36. The van der Waals surface area contributed by atoms with Crippen LogP contribution >= 0.6 is 9.24 Å². The number of allylic oxidation sites excluding steroid dienone is 1. The summed E-state index contributed by atoms with van der Waals surface area (Å²) >= 11 is 0. The lowest BCUT2D eigenvalue weighted by Crippen LogP contribution is -2.34. The summed E-state index contributed by atoms with van der Waals surface area (Å²) in [6, 6.07) is 0. The van der Waals surface area contributed by atoms with Gasteiger partial charge in [0.25, 0.3) is 0 Å². The number of carboxylic acids is 1. The summed E-state index contributed by atoms with van der Waals surface area (Å²) in [7, 11) is 2.97. The maximum Gasteiger partial charge on any atom is 0.306 e. The third kappa shape index (κ3) is 11.5. The quantitative estimate of drug-likeness (QED) is 0.155. The summed E-state index contributed by atoms with van der Waals surface area (Å²) in [4.78, 5) is 10.9. The topological polar surface area (TPSA) is 98.0 Å². The molecule has 1 aliphatic rings. The first-order valence-corrected chi connectivity index (χ1v) is 14.1. The lowest BCUT2D eigenvalue weighted by molar-refractivity contribution is -0.141. The van der Waals surface area contributed by atoms with Crippen LogP contribution in [0.1, 0.15) is 112 Å². The molecule has 0 fully saturated rings. The van der Waals surface area contributed by atoms with Gasteiger partial charge in [0.15, 0.2) is 0 Å². The zero-order valence-electron chi connectivity index (χ0n) is 22.6. The van der Waals surface area contributed by atoms with Crippen molar-refractivity contribution in [2.45, 2.75) is 135 Å². The Morgan fingerprint density at radius 3 is 1.97 bits per heavy atom. The second-order valence-corrected chi connectivity index (χ2v) is 12.7. The highest BCUT2D eigenvalue weighted by Gasteiger charge is 2.31. The standard InChI is InChI=1S/C28H53O5P/c1-19(12-13-23-18-24(29)21(3)22(4)25(23)34)10-7-14-27(5,32)16-9-17-28(6,33)15-8-11-20(2)26(30)31/h18-22,24-25,29,32-33H,7-17,34H2,1-6H3,(H,30,31). The first kappa shape index (κ1) is 31.5. The fraction of sp³-hybridized carbons (Fsp3) is 0.893. The molecule has 1 aliphatic carbocycles. The molecule has 0 saturated heterocycles. The van der Waals surface area contributed by atoms with Crippen molar-refractivity contribution >= 4 is 15.2 Å². The molecular weight excluding hydrogens is 447 g/mol. The average molecular weight is 501 g/mol. The van der Waals surface area contributed by atoms with E-state index >= 15 is 0 Å². The Morgan fingerprint density at radius 2 is 1.44 bits per heavy atom. The van der Waals surface area contributed by atoms with Gasteiger partial charge in [-0.2, -0.15) is 0 Å². The van der Waals surface area contributed by atoms with E-state index in [1.54, 1.807) is 6.92 Å². The Hall–Kier alpha value is -0.480. The lowest BCUT2D eigenvalue weighted by atomic mass is 9.77. The third-order valence-corrected chi connectivity index (χ3v) is 9.33. The Labute approximate surface area is 211 Å². The Kier molecular flexibility index (Phi) is 13.3. The molecule has 0 saturated carbocycles. The summed E-state index contributed by atoms with van der Waals surface area (Å²) in [5, 5.41) is 40.7. The van der Waals surface area contributed by atoms with Crippen LogP contribution in [-0.2, 0) is 4.79 Å². The molecule has 34 heavy (non-hydrogen) atoms. The average Bonchev–Trinajstić information content (AvgIpc) is 2.73. The summed E-state index contributed by atoms with van der Waals surface area (Å²) < 4.78 is 0. The molecule has 0 spiro atoms. The van der Waals surface area contributed by atoms with Crippen molar-refractivity contribution in [1.29, 1.82) is 0 Å². The summed E-state index contributed by atoms with van der Waals surface area (Å²) in [6.07, 6.45) is 10.6. The monoisotopic (exact) mass is 500 g/mol. The van der Waals surface area contributed by atoms with Gasteiger partial charge in [0, 0.05) is 0 Å². The van der Waals surface area contributed by atoms with Crippen molar-refractivity contribution in [2.75, 3.05) is 0 Å². The largest absolute Gasteiger partial charge is 0.481 e. The molecule has 200 valence electrons. The van der Waals surface area contributed by atoms with Gasteiger partial charge in [0.1, 0.15) is 0 Å². The van der Waals surface area contributed by atoms with Gasteiger partial charge >= 0.3 is 5.97 Å². The van der Waals surface area contributed by atoms with Gasteiger partial charge < -0.3 is 20.4 Å². The Morgan fingerprint density at radius 1 is 0.941 bits per heavy atom. The molecule has 0 aliphatic heterocycles. The van der Waals surface area contributed by atoms with Crippen LogP contribution in [-0.4, -0.2) is 49.4 Å². The molecule has 0 amide bonds. The van der Waals surface area contributed by atoms with Crippen molar-refractivity contribution in [3.63, 3.8) is 0 Å². The molecule has 0 aromatic carbocycles. The maximum atomic E-state index is 10.9. The molecular formula is C28H53O5P. The van der Waals surface area contributed by atoms with Gasteiger partial charge in [-0.1, -0.05) is 52.2 Å². The first-order chi connectivity index (χ1) is 15.6. The molecule has 0 aromatic heterocycles. The second kappa shape index (κ2) is 14.3. The van der Waals surface area contributed by atoms with E-state index in [1.165, 1.54) is 5.57 Å². The maximum absolute atomic E-state index is 10.9. The minimum Gasteiger partial charge on any atom is -0.481 e. The molecule has 9 unspecified atom stereocenters. The third-order valence-electron chi connectivity index (χ3n) is 8.29. The summed E-state index contributed by atoms with van der Waals surface area (Å²) in [6.45, 7) is 12.0. The van der Waals surface area contributed by atoms with Gasteiger partial charge in [-0.25, -0.2) is 0 Å². The summed E-state index contributed by atoms with van der Waals surface area (Å²) in [5.41, 5.74) is 0.283. The van der Waals surface area contributed by atoms with Gasteiger partial charge in [-0.3, -0.25) is 4.79 Å². The van der Waals surface area contributed by atoms with Gasteiger partial charge in [-0.15, -0.1) is 9.24 Å². The number of hydrogen-bond acceptors (Lipinski definition) is 4. The van der Waals surface area contributed by atoms with Gasteiger partial charge in [0.2, 0.25) is 0 Å². The van der Waals surface area contributed by atoms with Crippen molar-refractivity contribution in [3.8, 4) is 0 Å². The fourth-order valence-corrected chi connectivity index (χ4v) is 5.74. The second-order valence-electron chi connectivity index (χ2n) is 12.0. The number of rotatable bonds is 16. The van der Waals surface area contributed by atoms with E-state index in [0.717, 1.165) is 38.5 Å². The molecule has 5 nitrogen and oxygen atoms in total. The summed E-state index contributed by atoms with van der Waals surface area (Å²) in [5.74, 6) is 0.191. The molecule has 0 heterocycles. The van der Waals surface area contributed by atoms with Gasteiger partial charge in [0.05, 0.1) is 23.2 Å². The van der Waals surface area contributed by atoms with Gasteiger partial charge in [-0.05, 0) is 95.0 Å². The van der Waals surface area contributed by atoms with E-state index in [-0.39, 0.29) is 12.0 Å². The van der Waals surface area contributed by atoms with Crippen LogP contribution in [0.25, 0.3) is 0 Å². The van der Waals surface area contributed by atoms with Crippen LogP contribution in [0, 0.1) is 23.7 Å². The van der Waals surface area contributed by atoms with E-state index in [9.17, 15) is 20.1 Å². The van der Waals surface area contributed by atoms with E-state index in [4.69, 9.17) is 5.11 Å². The van der Waals surface area contributed by atoms with Crippen molar-refractivity contribution in [2.24, 2.45) is 23.7 Å². The number of aliphatic hydroxyl groups excluding tert-OH is 1. The number of carbonyl (C=O) groups is 1.